The number of pyridine rings is 2. The Hall–Kier alpha value is -2.99. The average Bonchev–Trinajstić information content (AvgIpc) is 3.07. The lowest BCUT2D eigenvalue weighted by atomic mass is 10.2. The van der Waals surface area contributed by atoms with Crippen LogP contribution in [0, 0.1) is 5.82 Å². The van der Waals surface area contributed by atoms with Crippen molar-refractivity contribution < 1.29 is 4.39 Å². The van der Waals surface area contributed by atoms with E-state index in [2.05, 4.69) is 27.2 Å². The third-order valence-electron chi connectivity index (χ3n) is 4.58. The largest absolute Gasteiger partial charge is 0.338 e. The predicted molar refractivity (Wildman–Crippen MR) is 111 cm³/mol. The van der Waals surface area contributed by atoms with Crippen LogP contribution in [0.3, 0.4) is 0 Å². The van der Waals surface area contributed by atoms with Gasteiger partial charge in [-0.3, -0.25) is 4.98 Å². The molecule has 0 saturated carbocycles. The normalized spacial score (nSPS) is 11.1. The summed E-state index contributed by atoms with van der Waals surface area (Å²) >= 11 is 6.46. The van der Waals surface area contributed by atoms with E-state index in [1.54, 1.807) is 18.5 Å². The zero-order valence-corrected chi connectivity index (χ0v) is 16.3. The molecule has 4 aromatic rings. The van der Waals surface area contributed by atoms with Gasteiger partial charge in [-0.1, -0.05) is 18.5 Å². The van der Waals surface area contributed by atoms with Gasteiger partial charge in [0.05, 0.1) is 27.9 Å². The molecule has 0 saturated heterocycles. The maximum Gasteiger partial charge on any atom is 0.149 e. The summed E-state index contributed by atoms with van der Waals surface area (Å²) in [5, 5.41) is 3.65. The number of nitrogens with zero attached hydrogens (tertiary/aromatic N) is 4. The Bertz CT molecular complexity index is 1140. The zero-order chi connectivity index (χ0) is 19.7. The first-order valence-electron chi connectivity index (χ1n) is 9.12. The number of anilines is 2. The molecule has 0 aliphatic heterocycles. The fourth-order valence-corrected chi connectivity index (χ4v) is 3.35. The molecular weight excluding hydrogens is 377 g/mol. The van der Waals surface area contributed by atoms with E-state index in [4.69, 9.17) is 11.6 Å². The van der Waals surface area contributed by atoms with Crippen molar-refractivity contribution in [2.75, 3.05) is 5.32 Å². The second-order valence-electron chi connectivity index (χ2n) is 6.38. The van der Waals surface area contributed by atoms with Crippen molar-refractivity contribution in [1.29, 1.82) is 0 Å². The first kappa shape index (κ1) is 18.4. The Balaban J connectivity index is 1.68. The SMILES string of the molecule is CCc1ccc(Nc2ncc(-c3nc4ccc(F)cc4n3CC)cc2Cl)cn1. The highest BCUT2D eigenvalue weighted by molar-refractivity contribution is 6.33. The Morgan fingerprint density at radius 3 is 2.61 bits per heavy atom. The number of imidazole rings is 1. The third kappa shape index (κ3) is 3.43. The maximum absolute atomic E-state index is 13.6. The average molecular weight is 396 g/mol. The monoisotopic (exact) mass is 395 g/mol. The topological polar surface area (TPSA) is 55.6 Å². The lowest BCUT2D eigenvalue weighted by Gasteiger charge is -2.10. The molecule has 0 unspecified atom stereocenters. The van der Waals surface area contributed by atoms with Crippen molar-refractivity contribution in [3.8, 4) is 11.4 Å². The van der Waals surface area contributed by atoms with E-state index >= 15 is 0 Å². The van der Waals surface area contributed by atoms with E-state index in [0.717, 1.165) is 34.4 Å². The van der Waals surface area contributed by atoms with Crippen LogP contribution in [0.2, 0.25) is 5.02 Å². The summed E-state index contributed by atoms with van der Waals surface area (Å²) < 4.78 is 15.6. The highest BCUT2D eigenvalue weighted by atomic mass is 35.5. The molecule has 5 nitrogen and oxygen atoms in total. The van der Waals surface area contributed by atoms with Gasteiger partial charge in [-0.05, 0) is 49.7 Å². The summed E-state index contributed by atoms with van der Waals surface area (Å²) in [7, 11) is 0. The molecule has 4 rings (SSSR count). The van der Waals surface area contributed by atoms with E-state index in [-0.39, 0.29) is 5.82 Å². The third-order valence-corrected chi connectivity index (χ3v) is 4.86. The van der Waals surface area contributed by atoms with Crippen LogP contribution in [0.25, 0.3) is 22.4 Å². The summed E-state index contributed by atoms with van der Waals surface area (Å²) in [6, 6.07) is 10.3. The number of aromatic nitrogens is 4. The molecular formula is C21H19ClFN5. The second-order valence-corrected chi connectivity index (χ2v) is 6.79. The summed E-state index contributed by atoms with van der Waals surface area (Å²) in [6.45, 7) is 4.71. The molecule has 7 heteroatoms. The summed E-state index contributed by atoms with van der Waals surface area (Å²) in [6.07, 6.45) is 4.36. The standard InChI is InChI=1S/C21H19ClFN5/c1-3-15-6-7-16(12-24-15)26-20-17(22)9-13(11-25-20)21-27-18-8-5-14(23)10-19(18)28(21)4-2/h5-12H,3-4H2,1-2H3,(H,25,26). The number of benzene rings is 1. The fourth-order valence-electron chi connectivity index (χ4n) is 3.13. The lowest BCUT2D eigenvalue weighted by Crippen LogP contribution is -2.00. The Labute approximate surface area is 167 Å². The molecule has 28 heavy (non-hydrogen) atoms. The van der Waals surface area contributed by atoms with Gasteiger partial charge in [-0.25, -0.2) is 14.4 Å². The van der Waals surface area contributed by atoms with Crippen LogP contribution in [-0.2, 0) is 13.0 Å². The Morgan fingerprint density at radius 1 is 1.07 bits per heavy atom. The Morgan fingerprint density at radius 2 is 1.93 bits per heavy atom. The Kier molecular flexibility index (Phi) is 4.96. The van der Waals surface area contributed by atoms with Crippen LogP contribution < -0.4 is 5.32 Å². The molecule has 3 aromatic heterocycles. The van der Waals surface area contributed by atoms with Crippen molar-refractivity contribution in [1.82, 2.24) is 19.5 Å². The van der Waals surface area contributed by atoms with Crippen molar-refractivity contribution in [3.05, 3.63) is 65.3 Å². The molecule has 0 aliphatic carbocycles. The molecule has 0 aliphatic rings. The van der Waals surface area contributed by atoms with Gasteiger partial charge >= 0.3 is 0 Å². The van der Waals surface area contributed by atoms with Crippen LogP contribution in [-0.4, -0.2) is 19.5 Å². The van der Waals surface area contributed by atoms with Gasteiger partial charge in [0.15, 0.2) is 0 Å². The van der Waals surface area contributed by atoms with Gasteiger partial charge in [-0.2, -0.15) is 0 Å². The zero-order valence-electron chi connectivity index (χ0n) is 15.6. The molecule has 142 valence electrons. The van der Waals surface area contributed by atoms with E-state index in [1.807, 2.05) is 29.7 Å². The van der Waals surface area contributed by atoms with Crippen molar-refractivity contribution >= 4 is 34.1 Å². The van der Waals surface area contributed by atoms with Crippen LogP contribution in [0.4, 0.5) is 15.9 Å². The summed E-state index contributed by atoms with van der Waals surface area (Å²) in [5.74, 6) is 0.965. The number of halogens is 2. The molecule has 3 heterocycles. The van der Waals surface area contributed by atoms with Gasteiger partial charge < -0.3 is 9.88 Å². The molecule has 0 atom stereocenters. The number of rotatable bonds is 5. The molecule has 1 aromatic carbocycles. The fraction of sp³-hybridized carbons (Fsp3) is 0.190. The molecule has 0 bridgehead atoms. The van der Waals surface area contributed by atoms with Crippen LogP contribution in [0.5, 0.6) is 0 Å². The summed E-state index contributed by atoms with van der Waals surface area (Å²) in [4.78, 5) is 13.5. The maximum atomic E-state index is 13.6. The van der Waals surface area contributed by atoms with Crippen molar-refractivity contribution in [2.45, 2.75) is 26.8 Å². The molecule has 0 amide bonds. The first-order valence-corrected chi connectivity index (χ1v) is 9.50. The van der Waals surface area contributed by atoms with E-state index < -0.39 is 0 Å². The number of hydrogen-bond acceptors (Lipinski definition) is 4. The molecule has 0 radical (unpaired) electrons. The van der Waals surface area contributed by atoms with E-state index in [1.165, 1.54) is 12.1 Å². The molecule has 0 fully saturated rings. The second kappa shape index (κ2) is 7.56. The van der Waals surface area contributed by atoms with Crippen LogP contribution in [0.1, 0.15) is 19.5 Å². The van der Waals surface area contributed by atoms with E-state index in [0.29, 0.717) is 23.2 Å². The predicted octanol–water partition coefficient (Wildman–Crippen LogP) is 5.61. The highest BCUT2D eigenvalue weighted by Crippen LogP contribution is 2.30. The van der Waals surface area contributed by atoms with Gasteiger partial charge in [0.1, 0.15) is 17.5 Å². The van der Waals surface area contributed by atoms with Crippen molar-refractivity contribution in [2.24, 2.45) is 0 Å². The van der Waals surface area contributed by atoms with Crippen LogP contribution >= 0.6 is 11.6 Å². The molecule has 0 spiro atoms. The molecule has 1 N–H and O–H groups in total. The van der Waals surface area contributed by atoms with Crippen LogP contribution in [0.15, 0.2) is 48.8 Å². The number of hydrogen-bond donors (Lipinski definition) is 1. The minimum Gasteiger partial charge on any atom is -0.338 e. The highest BCUT2D eigenvalue weighted by Gasteiger charge is 2.14. The minimum atomic E-state index is -0.285. The van der Waals surface area contributed by atoms with E-state index in [9.17, 15) is 4.39 Å². The van der Waals surface area contributed by atoms with Gasteiger partial charge in [0.2, 0.25) is 0 Å². The van der Waals surface area contributed by atoms with Gasteiger partial charge in [-0.15, -0.1) is 0 Å². The summed E-state index contributed by atoms with van der Waals surface area (Å²) in [5.41, 5.74) is 4.09. The number of aryl methyl sites for hydroxylation is 2. The first-order chi connectivity index (χ1) is 13.6. The minimum absolute atomic E-state index is 0.285. The van der Waals surface area contributed by atoms with Gasteiger partial charge in [0, 0.05) is 24.0 Å². The lowest BCUT2D eigenvalue weighted by molar-refractivity contribution is 0.628. The van der Waals surface area contributed by atoms with Gasteiger partial charge in [0.25, 0.3) is 0 Å². The number of fused-ring (bicyclic) bond motifs is 1. The number of nitrogens with one attached hydrogen (secondary N) is 1. The quantitative estimate of drug-likeness (QED) is 0.477. The smallest absolute Gasteiger partial charge is 0.149 e. The van der Waals surface area contributed by atoms with Crippen molar-refractivity contribution in [3.63, 3.8) is 0 Å².